The third kappa shape index (κ3) is 2.59. The zero-order chi connectivity index (χ0) is 13.1. The highest BCUT2D eigenvalue weighted by molar-refractivity contribution is 5.77. The summed E-state index contributed by atoms with van der Waals surface area (Å²) in [4.78, 5) is 19.4. The van der Waals surface area contributed by atoms with Crippen LogP contribution >= 0.6 is 0 Å². The number of aromatic nitrogens is 2. The average Bonchev–Trinajstić information content (AvgIpc) is 2.38. The van der Waals surface area contributed by atoms with Crippen LogP contribution in [0.3, 0.4) is 0 Å². The fraction of sp³-hybridized carbons (Fsp3) is 0.429. The molecule has 0 saturated carbocycles. The molecule has 0 aliphatic rings. The molecule has 4 nitrogen and oxygen atoms in total. The van der Waals surface area contributed by atoms with Gasteiger partial charge in [0, 0.05) is 0 Å². The number of H-pyrrole nitrogens is 1. The molecule has 0 bridgehead atoms. The van der Waals surface area contributed by atoms with Gasteiger partial charge in [0.1, 0.15) is 6.04 Å². The Morgan fingerprint density at radius 3 is 2.78 bits per heavy atom. The van der Waals surface area contributed by atoms with Crippen molar-refractivity contribution in [2.45, 2.75) is 39.3 Å². The lowest BCUT2D eigenvalue weighted by Gasteiger charge is -2.14. The average molecular weight is 246 g/mol. The number of hydrogen-bond acceptors (Lipinski definition) is 2. The van der Waals surface area contributed by atoms with Crippen molar-refractivity contribution in [2.75, 3.05) is 0 Å². The minimum absolute atomic E-state index is 0.0556. The highest BCUT2D eigenvalue weighted by Crippen LogP contribution is 2.08. The summed E-state index contributed by atoms with van der Waals surface area (Å²) in [5.41, 5.74) is 0.709. The maximum Gasteiger partial charge on any atom is 0.258 e. The number of quaternary nitrogens is 1. The Balaban J connectivity index is 2.37. The molecule has 1 aromatic carbocycles. The van der Waals surface area contributed by atoms with Gasteiger partial charge in [-0.15, -0.1) is 0 Å². The van der Waals surface area contributed by atoms with Gasteiger partial charge >= 0.3 is 0 Å². The van der Waals surface area contributed by atoms with Gasteiger partial charge in [0.25, 0.3) is 5.56 Å². The van der Waals surface area contributed by atoms with E-state index < -0.39 is 0 Å². The third-order valence-corrected chi connectivity index (χ3v) is 3.32. The van der Waals surface area contributed by atoms with E-state index in [1.54, 1.807) is 6.07 Å². The molecule has 2 atom stereocenters. The van der Waals surface area contributed by atoms with Crippen molar-refractivity contribution in [2.24, 2.45) is 0 Å². The number of benzene rings is 1. The van der Waals surface area contributed by atoms with E-state index in [2.05, 4.69) is 36.1 Å². The molecule has 0 aliphatic heterocycles. The van der Waals surface area contributed by atoms with E-state index in [9.17, 15) is 4.79 Å². The SMILES string of the molecule is CC[C@H](C)[NH2+][C@@H](C)c1nc2ccccc2c(=O)[nH]1. The molecule has 1 heterocycles. The van der Waals surface area contributed by atoms with Crippen LogP contribution in [0, 0.1) is 0 Å². The van der Waals surface area contributed by atoms with Crippen molar-refractivity contribution in [3.05, 3.63) is 40.4 Å². The van der Waals surface area contributed by atoms with Crippen molar-refractivity contribution in [1.82, 2.24) is 9.97 Å². The van der Waals surface area contributed by atoms with E-state index in [4.69, 9.17) is 0 Å². The summed E-state index contributed by atoms with van der Waals surface area (Å²) in [5.74, 6) is 0.749. The second kappa shape index (κ2) is 5.31. The molecular formula is C14H20N3O+. The summed E-state index contributed by atoms with van der Waals surface area (Å²) < 4.78 is 0. The molecule has 96 valence electrons. The van der Waals surface area contributed by atoms with Gasteiger partial charge in [0.05, 0.1) is 16.9 Å². The van der Waals surface area contributed by atoms with E-state index in [-0.39, 0.29) is 11.6 Å². The van der Waals surface area contributed by atoms with Gasteiger partial charge < -0.3 is 10.3 Å². The van der Waals surface area contributed by atoms with Crippen LogP contribution in [-0.4, -0.2) is 16.0 Å². The summed E-state index contributed by atoms with van der Waals surface area (Å²) in [6.07, 6.45) is 1.10. The summed E-state index contributed by atoms with van der Waals surface area (Å²) >= 11 is 0. The maximum atomic E-state index is 11.9. The quantitative estimate of drug-likeness (QED) is 0.855. The lowest BCUT2D eigenvalue weighted by molar-refractivity contribution is -0.723. The molecule has 2 rings (SSSR count). The summed E-state index contributed by atoms with van der Waals surface area (Å²) in [6, 6.07) is 8.13. The largest absolute Gasteiger partial charge is 0.336 e. The van der Waals surface area contributed by atoms with E-state index >= 15 is 0 Å². The van der Waals surface area contributed by atoms with Gasteiger partial charge in [-0.05, 0) is 32.4 Å². The third-order valence-electron chi connectivity index (χ3n) is 3.32. The van der Waals surface area contributed by atoms with Gasteiger partial charge in [-0.3, -0.25) is 4.79 Å². The Labute approximate surface area is 106 Å². The van der Waals surface area contributed by atoms with Crippen LogP contribution in [0.4, 0.5) is 0 Å². The zero-order valence-corrected chi connectivity index (χ0v) is 11.1. The lowest BCUT2D eigenvalue weighted by atomic mass is 10.2. The highest BCUT2D eigenvalue weighted by atomic mass is 16.1. The smallest absolute Gasteiger partial charge is 0.258 e. The van der Waals surface area contributed by atoms with Crippen LogP contribution < -0.4 is 10.9 Å². The molecule has 2 aromatic rings. The molecule has 0 amide bonds. The van der Waals surface area contributed by atoms with Crippen LogP contribution in [-0.2, 0) is 0 Å². The van der Waals surface area contributed by atoms with Crippen LogP contribution in [0.1, 0.15) is 39.1 Å². The summed E-state index contributed by atoms with van der Waals surface area (Å²) in [6.45, 7) is 6.40. The number of hydrogen-bond donors (Lipinski definition) is 2. The lowest BCUT2D eigenvalue weighted by Crippen LogP contribution is -2.89. The number of aromatic amines is 1. The fourth-order valence-electron chi connectivity index (χ4n) is 2.04. The molecule has 3 N–H and O–H groups in total. The summed E-state index contributed by atoms with van der Waals surface area (Å²) in [7, 11) is 0. The van der Waals surface area contributed by atoms with E-state index in [1.165, 1.54) is 0 Å². The molecular weight excluding hydrogens is 226 g/mol. The predicted octanol–water partition coefficient (Wildman–Crippen LogP) is 1.35. The van der Waals surface area contributed by atoms with E-state index in [0.717, 1.165) is 17.8 Å². The molecule has 0 aliphatic carbocycles. The van der Waals surface area contributed by atoms with Crippen molar-refractivity contribution < 1.29 is 5.32 Å². The van der Waals surface area contributed by atoms with Crippen LogP contribution in [0.5, 0.6) is 0 Å². The first-order valence-electron chi connectivity index (χ1n) is 6.45. The predicted molar refractivity (Wildman–Crippen MR) is 72.5 cm³/mol. The molecule has 4 heteroatoms. The maximum absolute atomic E-state index is 11.9. The molecule has 0 unspecified atom stereocenters. The fourth-order valence-corrected chi connectivity index (χ4v) is 2.04. The molecule has 18 heavy (non-hydrogen) atoms. The van der Waals surface area contributed by atoms with Crippen molar-refractivity contribution >= 4 is 10.9 Å². The van der Waals surface area contributed by atoms with Gasteiger partial charge in [-0.25, -0.2) is 4.98 Å². The minimum atomic E-state index is -0.0556. The Hall–Kier alpha value is -1.68. The Morgan fingerprint density at radius 2 is 2.06 bits per heavy atom. The topological polar surface area (TPSA) is 62.4 Å². The van der Waals surface area contributed by atoms with E-state index in [0.29, 0.717) is 11.4 Å². The number of nitrogens with one attached hydrogen (secondary N) is 1. The first kappa shape index (κ1) is 12.8. The van der Waals surface area contributed by atoms with Gasteiger partial charge in [-0.1, -0.05) is 19.1 Å². The second-order valence-electron chi connectivity index (χ2n) is 4.83. The van der Waals surface area contributed by atoms with Crippen molar-refractivity contribution in [3.8, 4) is 0 Å². The van der Waals surface area contributed by atoms with Gasteiger partial charge in [0.15, 0.2) is 5.82 Å². The Kier molecular flexibility index (Phi) is 3.77. The van der Waals surface area contributed by atoms with Crippen molar-refractivity contribution in [3.63, 3.8) is 0 Å². The Morgan fingerprint density at radius 1 is 1.33 bits per heavy atom. The normalized spacial score (nSPS) is 14.6. The van der Waals surface area contributed by atoms with Gasteiger partial charge in [0.2, 0.25) is 0 Å². The number of nitrogens with zero attached hydrogens (tertiary/aromatic N) is 1. The van der Waals surface area contributed by atoms with Gasteiger partial charge in [-0.2, -0.15) is 0 Å². The number of nitrogens with two attached hydrogens (primary N) is 1. The zero-order valence-electron chi connectivity index (χ0n) is 11.1. The van der Waals surface area contributed by atoms with Crippen LogP contribution in [0.15, 0.2) is 29.1 Å². The van der Waals surface area contributed by atoms with Crippen LogP contribution in [0.2, 0.25) is 0 Å². The summed E-state index contributed by atoms with van der Waals surface area (Å²) in [5, 5.41) is 2.88. The molecule has 0 radical (unpaired) electrons. The van der Waals surface area contributed by atoms with Crippen molar-refractivity contribution in [1.29, 1.82) is 0 Å². The standard InChI is InChI=1S/C14H19N3O/c1-4-9(2)15-10(3)13-16-12-8-6-5-7-11(12)14(18)17-13/h5-10,15H,4H2,1-3H3,(H,16,17,18)/p+1/t9-,10-/m0/s1. The first-order chi connectivity index (χ1) is 8.61. The van der Waals surface area contributed by atoms with Crippen LogP contribution in [0.25, 0.3) is 10.9 Å². The van der Waals surface area contributed by atoms with E-state index in [1.807, 2.05) is 18.2 Å². The molecule has 0 fully saturated rings. The Bertz CT molecular complexity index is 591. The molecule has 0 spiro atoms. The number of para-hydroxylation sites is 1. The molecule has 1 aromatic heterocycles. The minimum Gasteiger partial charge on any atom is -0.336 e. The second-order valence-corrected chi connectivity index (χ2v) is 4.83. The highest BCUT2D eigenvalue weighted by Gasteiger charge is 2.15. The first-order valence-corrected chi connectivity index (χ1v) is 6.45. The monoisotopic (exact) mass is 246 g/mol. The molecule has 0 saturated heterocycles. The number of rotatable bonds is 4. The number of fused-ring (bicyclic) bond motifs is 1.